The van der Waals surface area contributed by atoms with E-state index in [4.69, 9.17) is 32.7 Å². The number of hydrogen-bond acceptors (Lipinski definition) is 5. The molecular weight excluding hydrogens is 447 g/mol. The Morgan fingerprint density at radius 3 is 2.60 bits per heavy atom. The highest BCUT2D eigenvalue weighted by molar-refractivity contribution is 8.18. The van der Waals surface area contributed by atoms with Crippen LogP contribution in [-0.2, 0) is 16.2 Å². The van der Waals surface area contributed by atoms with Crippen LogP contribution in [0.3, 0.4) is 0 Å². The van der Waals surface area contributed by atoms with Crippen molar-refractivity contribution in [2.45, 2.75) is 20.5 Å². The van der Waals surface area contributed by atoms with Crippen LogP contribution in [0, 0.1) is 0 Å². The average molecular weight is 465 g/mol. The number of aliphatic imine (C=N–C) groups is 1. The van der Waals surface area contributed by atoms with Crippen molar-refractivity contribution in [1.29, 1.82) is 0 Å². The van der Waals surface area contributed by atoms with Crippen LogP contribution < -0.4 is 14.8 Å². The van der Waals surface area contributed by atoms with Gasteiger partial charge < -0.3 is 14.8 Å². The van der Waals surface area contributed by atoms with Gasteiger partial charge in [-0.3, -0.25) is 9.59 Å². The summed E-state index contributed by atoms with van der Waals surface area (Å²) in [6.07, 6.45) is 1.64. The largest absolute Gasteiger partial charge is 0.490 e. The lowest BCUT2D eigenvalue weighted by Gasteiger charge is -2.15. The van der Waals surface area contributed by atoms with E-state index >= 15 is 0 Å². The number of hydrogen-bond donors (Lipinski definition) is 1. The number of benzene rings is 2. The van der Waals surface area contributed by atoms with Gasteiger partial charge in [0, 0.05) is 11.9 Å². The topological polar surface area (TPSA) is 77.0 Å². The van der Waals surface area contributed by atoms with Gasteiger partial charge in [-0.25, -0.2) is 0 Å². The minimum atomic E-state index is -0.430. The number of carbonyl (C=O) groups excluding carboxylic acids is 2. The maximum Gasteiger partial charge on any atom is 0.286 e. The first kappa shape index (κ1) is 22.2. The Hall–Kier alpha value is -2.48. The van der Waals surface area contributed by atoms with Crippen LogP contribution in [0.1, 0.15) is 25.0 Å². The summed E-state index contributed by atoms with van der Waals surface area (Å²) >= 11 is 13.4. The third-order valence-corrected chi connectivity index (χ3v) is 5.26. The van der Waals surface area contributed by atoms with Crippen LogP contribution in [0.4, 0.5) is 0 Å². The van der Waals surface area contributed by atoms with E-state index in [-0.39, 0.29) is 11.1 Å². The quantitative estimate of drug-likeness (QED) is 0.603. The predicted molar refractivity (Wildman–Crippen MR) is 120 cm³/mol. The third-order valence-electron chi connectivity index (χ3n) is 3.83. The number of thioether (sulfide) groups is 1. The van der Waals surface area contributed by atoms with E-state index < -0.39 is 5.91 Å². The number of nitrogens with one attached hydrogen (secondary N) is 1. The first-order valence-electron chi connectivity index (χ1n) is 8.99. The van der Waals surface area contributed by atoms with Crippen LogP contribution in [-0.4, -0.2) is 23.6 Å². The maximum absolute atomic E-state index is 12.1. The molecule has 0 aromatic heterocycles. The van der Waals surface area contributed by atoms with E-state index in [1.54, 1.807) is 30.3 Å². The van der Waals surface area contributed by atoms with E-state index in [0.717, 1.165) is 17.3 Å². The van der Waals surface area contributed by atoms with Crippen molar-refractivity contribution < 1.29 is 19.1 Å². The summed E-state index contributed by atoms with van der Waals surface area (Å²) in [4.78, 5) is 27.4. The normalized spacial score (nSPS) is 14.6. The van der Waals surface area contributed by atoms with Gasteiger partial charge in [-0.05, 0) is 60.2 Å². The van der Waals surface area contributed by atoms with E-state index in [0.29, 0.717) is 45.2 Å². The lowest BCUT2D eigenvalue weighted by atomic mass is 10.1. The second kappa shape index (κ2) is 10.0. The Morgan fingerprint density at radius 2 is 1.93 bits per heavy atom. The zero-order chi connectivity index (χ0) is 21.7. The Balaban J connectivity index is 1.81. The van der Waals surface area contributed by atoms with Crippen molar-refractivity contribution >= 4 is 58.0 Å². The Kier molecular flexibility index (Phi) is 7.42. The molecule has 30 heavy (non-hydrogen) atoms. The number of ether oxygens (including phenoxy) is 2. The zero-order valence-corrected chi connectivity index (χ0v) is 18.5. The van der Waals surface area contributed by atoms with Crippen molar-refractivity contribution in [3.8, 4) is 11.5 Å². The molecule has 0 unspecified atom stereocenters. The molecule has 0 saturated carbocycles. The van der Waals surface area contributed by atoms with Gasteiger partial charge in [0.1, 0.15) is 6.61 Å². The van der Waals surface area contributed by atoms with Gasteiger partial charge in [-0.2, -0.15) is 4.99 Å². The van der Waals surface area contributed by atoms with E-state index in [2.05, 4.69) is 10.3 Å². The highest BCUT2D eigenvalue weighted by Crippen LogP contribution is 2.39. The fraction of sp³-hybridized carbons (Fsp3) is 0.190. The molecule has 1 aliphatic rings. The molecular formula is C21H18Cl2N2O4S. The summed E-state index contributed by atoms with van der Waals surface area (Å²) in [7, 11) is 0. The number of amides is 2. The monoisotopic (exact) mass is 464 g/mol. The Labute approximate surface area is 188 Å². The number of nitrogens with zero attached hydrogens (tertiary/aromatic N) is 1. The number of carbonyl (C=O) groups is 2. The standard InChI is InChI=1S/C21H18Cl2N2O4S/c1-3-28-17-9-14(10-18-20(27)25-21(30-18)24-12(2)26)8-16(23)19(17)29-11-13-4-6-15(22)7-5-13/h4-10H,3,11H2,1-2H3,(H,24,25,26,27)/b18-10-. The van der Waals surface area contributed by atoms with Crippen molar-refractivity contribution in [2.75, 3.05) is 6.61 Å². The van der Waals surface area contributed by atoms with Crippen molar-refractivity contribution in [3.05, 3.63) is 62.5 Å². The van der Waals surface area contributed by atoms with Crippen LogP contribution in [0.2, 0.25) is 10.0 Å². The molecule has 2 aromatic rings. The molecule has 1 aliphatic heterocycles. The molecule has 0 spiro atoms. The molecule has 156 valence electrons. The molecule has 0 fully saturated rings. The van der Waals surface area contributed by atoms with Crippen molar-refractivity contribution in [2.24, 2.45) is 4.99 Å². The van der Waals surface area contributed by atoms with Gasteiger partial charge in [0.15, 0.2) is 16.7 Å². The second-order valence-electron chi connectivity index (χ2n) is 6.19. The van der Waals surface area contributed by atoms with Gasteiger partial charge in [0.05, 0.1) is 16.5 Å². The molecule has 0 bridgehead atoms. The molecule has 0 radical (unpaired) electrons. The van der Waals surface area contributed by atoms with Gasteiger partial charge in [-0.15, -0.1) is 0 Å². The van der Waals surface area contributed by atoms with E-state index in [1.807, 2.05) is 19.1 Å². The third kappa shape index (κ3) is 5.78. The lowest BCUT2D eigenvalue weighted by molar-refractivity contribution is -0.117. The van der Waals surface area contributed by atoms with Crippen molar-refractivity contribution in [3.63, 3.8) is 0 Å². The summed E-state index contributed by atoms with van der Waals surface area (Å²) in [5, 5.41) is 3.75. The fourth-order valence-corrected chi connectivity index (χ4v) is 3.83. The fourth-order valence-electron chi connectivity index (χ4n) is 2.57. The molecule has 0 atom stereocenters. The summed E-state index contributed by atoms with van der Waals surface area (Å²) in [5.41, 5.74) is 1.58. The summed E-state index contributed by atoms with van der Waals surface area (Å²) in [5.74, 6) is 0.153. The molecule has 3 rings (SSSR count). The SMILES string of the molecule is CCOc1cc(/C=C2\SC(NC(C)=O)=NC2=O)cc(Cl)c1OCc1ccc(Cl)cc1. The zero-order valence-electron chi connectivity index (χ0n) is 16.2. The molecule has 9 heteroatoms. The number of halogens is 2. The maximum atomic E-state index is 12.1. The minimum absolute atomic E-state index is 0.248. The smallest absolute Gasteiger partial charge is 0.286 e. The first-order valence-corrected chi connectivity index (χ1v) is 10.6. The molecule has 1 heterocycles. The number of rotatable bonds is 6. The van der Waals surface area contributed by atoms with Crippen LogP contribution in [0.25, 0.3) is 6.08 Å². The molecule has 6 nitrogen and oxygen atoms in total. The first-order chi connectivity index (χ1) is 14.4. The van der Waals surface area contributed by atoms with Gasteiger partial charge in [0.25, 0.3) is 5.91 Å². The number of amidine groups is 1. The predicted octanol–water partition coefficient (Wildman–Crippen LogP) is 5.08. The van der Waals surface area contributed by atoms with Crippen LogP contribution in [0.15, 0.2) is 46.3 Å². The highest BCUT2D eigenvalue weighted by Gasteiger charge is 2.23. The molecule has 2 aromatic carbocycles. The minimum Gasteiger partial charge on any atom is -0.490 e. The highest BCUT2D eigenvalue weighted by atomic mass is 35.5. The summed E-state index contributed by atoms with van der Waals surface area (Å²) < 4.78 is 11.6. The van der Waals surface area contributed by atoms with E-state index in [1.165, 1.54) is 6.92 Å². The van der Waals surface area contributed by atoms with Crippen molar-refractivity contribution in [1.82, 2.24) is 5.32 Å². The van der Waals surface area contributed by atoms with Crippen LogP contribution in [0.5, 0.6) is 11.5 Å². The summed E-state index contributed by atoms with van der Waals surface area (Å²) in [6, 6.07) is 10.7. The molecule has 2 amide bonds. The molecule has 0 saturated heterocycles. The molecule has 0 aliphatic carbocycles. The van der Waals surface area contributed by atoms with Gasteiger partial charge in [-0.1, -0.05) is 35.3 Å². The van der Waals surface area contributed by atoms with E-state index in [9.17, 15) is 9.59 Å². The van der Waals surface area contributed by atoms with Gasteiger partial charge >= 0.3 is 0 Å². The lowest BCUT2D eigenvalue weighted by Crippen LogP contribution is -2.23. The second-order valence-corrected chi connectivity index (χ2v) is 8.07. The Bertz CT molecular complexity index is 1040. The average Bonchev–Trinajstić information content (AvgIpc) is 3.01. The molecule has 1 N–H and O–H groups in total. The van der Waals surface area contributed by atoms with Crippen LogP contribution >= 0.6 is 35.0 Å². The van der Waals surface area contributed by atoms with Gasteiger partial charge in [0.2, 0.25) is 5.91 Å². The Morgan fingerprint density at radius 1 is 1.20 bits per heavy atom. The summed E-state index contributed by atoms with van der Waals surface area (Å²) in [6.45, 7) is 3.91.